The summed E-state index contributed by atoms with van der Waals surface area (Å²) in [5.74, 6) is -1.09. The van der Waals surface area contributed by atoms with E-state index in [1.165, 1.54) is 48.0 Å². The summed E-state index contributed by atoms with van der Waals surface area (Å²) in [5, 5.41) is 4.10. The van der Waals surface area contributed by atoms with Gasteiger partial charge in [0, 0.05) is 32.5 Å². The fraction of sp³-hybridized carbons (Fsp3) is 0.500. The quantitative estimate of drug-likeness (QED) is 0.641. The van der Waals surface area contributed by atoms with Crippen molar-refractivity contribution in [2.75, 3.05) is 6.61 Å². The Hall–Kier alpha value is -3.28. The number of hydrogen-bond donors (Lipinski definition) is 1. The van der Waals surface area contributed by atoms with Crippen molar-refractivity contribution in [1.82, 2.24) is 24.3 Å². The lowest BCUT2D eigenvalue weighted by Crippen LogP contribution is -2.50. The Labute approximate surface area is 158 Å². The van der Waals surface area contributed by atoms with Crippen LogP contribution in [0.15, 0.2) is 34.5 Å². The number of aromatic amines is 1. The summed E-state index contributed by atoms with van der Waals surface area (Å²) in [6.07, 6.45) is 1.71. The first-order valence-corrected chi connectivity index (χ1v) is 8.46. The topological polar surface area (TPSA) is 147 Å². The SMILES string of the molecule is CC(=O)OC[C@H]1O[C@H](n2ccc(=O)[nH]c2=O)C[C@H](n2cncn2)[C@@H]1OC(C)=O. The molecule has 12 nitrogen and oxygen atoms in total. The van der Waals surface area contributed by atoms with Gasteiger partial charge in [0.1, 0.15) is 31.6 Å². The molecule has 0 unspecified atom stereocenters. The van der Waals surface area contributed by atoms with Gasteiger partial charge in [-0.3, -0.25) is 23.9 Å². The van der Waals surface area contributed by atoms with E-state index >= 15 is 0 Å². The van der Waals surface area contributed by atoms with Crippen molar-refractivity contribution in [3.63, 3.8) is 0 Å². The maximum absolute atomic E-state index is 12.2. The molecule has 0 aliphatic carbocycles. The normalized spacial score (nSPS) is 24.5. The summed E-state index contributed by atoms with van der Waals surface area (Å²) >= 11 is 0. The Morgan fingerprint density at radius 3 is 2.71 bits per heavy atom. The molecule has 1 N–H and O–H groups in total. The average molecular weight is 393 g/mol. The summed E-state index contributed by atoms with van der Waals surface area (Å²) in [6, 6.07) is 0.638. The number of carbonyl (C=O) groups excluding carboxylic acids is 2. The van der Waals surface area contributed by atoms with Crippen molar-refractivity contribution < 1.29 is 23.8 Å². The van der Waals surface area contributed by atoms with E-state index in [9.17, 15) is 19.2 Å². The smallest absolute Gasteiger partial charge is 0.330 e. The molecular weight excluding hydrogens is 374 g/mol. The molecule has 1 aliphatic heterocycles. The minimum Gasteiger partial charge on any atom is -0.463 e. The van der Waals surface area contributed by atoms with Crippen LogP contribution in [0.1, 0.15) is 32.5 Å². The first-order chi connectivity index (χ1) is 13.3. The maximum atomic E-state index is 12.2. The van der Waals surface area contributed by atoms with Crippen LogP contribution in [0.4, 0.5) is 0 Å². The molecule has 4 atom stereocenters. The number of esters is 2. The largest absolute Gasteiger partial charge is 0.463 e. The molecule has 3 rings (SSSR count). The minimum absolute atomic E-state index is 0.184. The van der Waals surface area contributed by atoms with Crippen molar-refractivity contribution in [3.8, 4) is 0 Å². The summed E-state index contributed by atoms with van der Waals surface area (Å²) in [7, 11) is 0. The molecule has 1 fully saturated rings. The van der Waals surface area contributed by atoms with E-state index in [0.717, 1.165) is 0 Å². The van der Waals surface area contributed by atoms with Gasteiger partial charge in [-0.15, -0.1) is 0 Å². The average Bonchev–Trinajstić information content (AvgIpc) is 3.14. The lowest BCUT2D eigenvalue weighted by atomic mass is 9.97. The second-order valence-corrected chi connectivity index (χ2v) is 6.20. The highest BCUT2D eigenvalue weighted by Gasteiger charge is 2.44. The van der Waals surface area contributed by atoms with E-state index in [-0.39, 0.29) is 13.0 Å². The number of nitrogens with zero attached hydrogens (tertiary/aromatic N) is 4. The molecule has 28 heavy (non-hydrogen) atoms. The third-order valence-electron chi connectivity index (χ3n) is 4.21. The van der Waals surface area contributed by atoms with Crippen LogP contribution in [0.25, 0.3) is 0 Å². The van der Waals surface area contributed by atoms with Gasteiger partial charge in [0.25, 0.3) is 5.56 Å². The number of H-pyrrole nitrogens is 1. The molecule has 2 aromatic rings. The van der Waals surface area contributed by atoms with Gasteiger partial charge < -0.3 is 14.2 Å². The molecule has 0 saturated carbocycles. The van der Waals surface area contributed by atoms with Gasteiger partial charge in [0.2, 0.25) is 0 Å². The molecule has 3 heterocycles. The van der Waals surface area contributed by atoms with Crippen LogP contribution in [0.2, 0.25) is 0 Å². The molecular formula is C16H19N5O7. The fourth-order valence-electron chi connectivity index (χ4n) is 3.08. The number of ether oxygens (including phenoxy) is 3. The molecule has 150 valence electrons. The van der Waals surface area contributed by atoms with Crippen LogP contribution in [0.3, 0.4) is 0 Å². The highest BCUT2D eigenvalue weighted by atomic mass is 16.6. The summed E-state index contributed by atoms with van der Waals surface area (Å²) < 4.78 is 19.1. The molecule has 0 spiro atoms. The predicted molar refractivity (Wildman–Crippen MR) is 91.1 cm³/mol. The van der Waals surface area contributed by atoms with Crippen LogP contribution in [-0.2, 0) is 23.8 Å². The van der Waals surface area contributed by atoms with Crippen molar-refractivity contribution in [2.45, 2.75) is 44.7 Å². The Kier molecular flexibility index (Phi) is 5.68. The number of aromatic nitrogens is 5. The van der Waals surface area contributed by atoms with E-state index < -0.39 is 47.7 Å². The Bertz CT molecular complexity index is 951. The highest BCUT2D eigenvalue weighted by molar-refractivity contribution is 5.66. The summed E-state index contributed by atoms with van der Waals surface area (Å²) in [6.45, 7) is 2.29. The van der Waals surface area contributed by atoms with E-state index in [1.54, 1.807) is 0 Å². The first kappa shape index (κ1) is 19.5. The summed E-state index contributed by atoms with van der Waals surface area (Å²) in [5.41, 5.74) is -1.20. The van der Waals surface area contributed by atoms with Gasteiger partial charge in [-0.25, -0.2) is 14.5 Å². The maximum Gasteiger partial charge on any atom is 0.330 e. The lowest BCUT2D eigenvalue weighted by molar-refractivity contribution is -0.205. The van der Waals surface area contributed by atoms with Crippen molar-refractivity contribution in [2.24, 2.45) is 0 Å². The van der Waals surface area contributed by atoms with Crippen LogP contribution in [0, 0.1) is 0 Å². The van der Waals surface area contributed by atoms with Gasteiger partial charge in [-0.1, -0.05) is 0 Å². The van der Waals surface area contributed by atoms with E-state index in [1.807, 2.05) is 0 Å². The second-order valence-electron chi connectivity index (χ2n) is 6.20. The highest BCUT2D eigenvalue weighted by Crippen LogP contribution is 2.35. The van der Waals surface area contributed by atoms with Gasteiger partial charge in [0.15, 0.2) is 6.10 Å². The van der Waals surface area contributed by atoms with Crippen LogP contribution in [-0.4, -0.2) is 55.1 Å². The summed E-state index contributed by atoms with van der Waals surface area (Å²) in [4.78, 5) is 52.5. The van der Waals surface area contributed by atoms with Gasteiger partial charge in [0.05, 0.1) is 6.04 Å². The molecule has 0 bridgehead atoms. The van der Waals surface area contributed by atoms with E-state index in [2.05, 4.69) is 15.1 Å². The van der Waals surface area contributed by atoms with E-state index in [0.29, 0.717) is 0 Å². The van der Waals surface area contributed by atoms with Crippen LogP contribution in [0.5, 0.6) is 0 Å². The van der Waals surface area contributed by atoms with Crippen molar-refractivity contribution in [3.05, 3.63) is 45.8 Å². The third-order valence-corrected chi connectivity index (χ3v) is 4.21. The lowest BCUT2D eigenvalue weighted by Gasteiger charge is -2.40. The molecule has 0 aromatic carbocycles. The van der Waals surface area contributed by atoms with E-state index in [4.69, 9.17) is 14.2 Å². The molecule has 1 aliphatic rings. The zero-order valence-corrected chi connectivity index (χ0v) is 15.2. The van der Waals surface area contributed by atoms with Gasteiger partial charge in [-0.2, -0.15) is 5.10 Å². The third kappa shape index (κ3) is 4.34. The Morgan fingerprint density at radius 2 is 2.11 bits per heavy atom. The van der Waals surface area contributed by atoms with Gasteiger partial charge >= 0.3 is 17.6 Å². The number of rotatable bonds is 5. The molecule has 1 saturated heterocycles. The minimum atomic E-state index is -0.875. The zero-order valence-electron chi connectivity index (χ0n) is 15.2. The molecule has 12 heteroatoms. The first-order valence-electron chi connectivity index (χ1n) is 8.46. The van der Waals surface area contributed by atoms with Crippen molar-refractivity contribution in [1.29, 1.82) is 0 Å². The Morgan fingerprint density at radius 1 is 1.32 bits per heavy atom. The predicted octanol–water partition coefficient (Wildman–Crippen LogP) is -0.848. The molecule has 0 amide bonds. The Balaban J connectivity index is 1.98. The molecule has 2 aromatic heterocycles. The number of carbonyl (C=O) groups is 2. The van der Waals surface area contributed by atoms with Crippen LogP contribution >= 0.6 is 0 Å². The zero-order chi connectivity index (χ0) is 20.3. The van der Waals surface area contributed by atoms with Crippen molar-refractivity contribution >= 4 is 11.9 Å². The fourth-order valence-corrected chi connectivity index (χ4v) is 3.08. The van der Waals surface area contributed by atoms with Crippen LogP contribution < -0.4 is 11.2 Å². The molecule has 0 radical (unpaired) electrons. The van der Waals surface area contributed by atoms with Gasteiger partial charge in [-0.05, 0) is 0 Å². The second kappa shape index (κ2) is 8.17. The monoisotopic (exact) mass is 393 g/mol. The number of hydrogen-bond acceptors (Lipinski definition) is 9. The number of nitrogens with one attached hydrogen (secondary N) is 1. The standard InChI is InChI=1S/C16H19N5O7/c1-9(22)26-6-12-15(27-10(2)23)11(21-8-17-7-18-21)5-14(28-12)20-4-3-13(24)19-16(20)25/h3-4,7-8,11-12,14-15H,5-6H2,1-2H3,(H,19,24,25)/t11-,12+,14-,15-/m0/s1.